The first kappa shape index (κ1) is 24.5. The van der Waals surface area contributed by atoms with Crippen LogP contribution >= 0.6 is 0 Å². The first-order valence-electron chi connectivity index (χ1n) is 12.1. The van der Waals surface area contributed by atoms with Gasteiger partial charge in [-0.1, -0.05) is 36.4 Å². The van der Waals surface area contributed by atoms with Crippen molar-refractivity contribution in [3.63, 3.8) is 0 Å². The van der Waals surface area contributed by atoms with Gasteiger partial charge in [0.1, 0.15) is 6.04 Å². The monoisotopic (exact) mass is 505 g/mol. The second-order valence-electron chi connectivity index (χ2n) is 8.71. The van der Waals surface area contributed by atoms with Gasteiger partial charge in [-0.05, 0) is 54.6 Å². The normalized spacial score (nSPS) is 11.6. The van der Waals surface area contributed by atoms with Gasteiger partial charge in [0.05, 0.1) is 17.9 Å². The van der Waals surface area contributed by atoms with Crippen molar-refractivity contribution in [2.45, 2.75) is 6.04 Å². The predicted molar refractivity (Wildman–Crippen MR) is 149 cm³/mol. The van der Waals surface area contributed by atoms with Crippen LogP contribution < -0.4 is 21.3 Å². The molecule has 1 unspecified atom stereocenters. The largest absolute Gasteiger partial charge is 0.368 e. The van der Waals surface area contributed by atoms with E-state index in [1.807, 2.05) is 83.8 Å². The average Bonchev–Trinajstić information content (AvgIpc) is 3.39. The zero-order valence-electron chi connectivity index (χ0n) is 20.8. The maximum absolute atomic E-state index is 13.2. The molecule has 9 nitrogen and oxygen atoms in total. The van der Waals surface area contributed by atoms with Crippen LogP contribution in [0.25, 0.3) is 22.3 Å². The molecule has 0 aliphatic heterocycles. The number of aromatic nitrogens is 3. The third-order valence-electron chi connectivity index (χ3n) is 6.19. The maximum Gasteiger partial charge on any atom is 0.252 e. The number of hydrogen-bond acceptors (Lipinski definition) is 6. The van der Waals surface area contributed by atoms with Gasteiger partial charge < -0.3 is 26.3 Å². The number of primary amides is 1. The molecular weight excluding hydrogens is 478 g/mol. The van der Waals surface area contributed by atoms with E-state index in [-0.39, 0.29) is 12.5 Å². The molecule has 2 heterocycles. The predicted octanol–water partition coefficient (Wildman–Crippen LogP) is 4.09. The van der Waals surface area contributed by atoms with Crippen LogP contribution in [-0.4, -0.2) is 46.4 Å². The lowest BCUT2D eigenvalue weighted by Crippen LogP contribution is -2.50. The first-order chi connectivity index (χ1) is 18.5. The quantitative estimate of drug-likeness (QED) is 0.239. The maximum atomic E-state index is 13.2. The molecule has 1 atom stereocenters. The molecule has 190 valence electrons. The van der Waals surface area contributed by atoms with E-state index in [0.29, 0.717) is 11.5 Å². The second-order valence-corrected chi connectivity index (χ2v) is 8.71. The minimum absolute atomic E-state index is 0.174. The van der Waals surface area contributed by atoms with Crippen LogP contribution in [0.5, 0.6) is 0 Å². The van der Waals surface area contributed by atoms with Crippen molar-refractivity contribution in [1.82, 2.24) is 20.3 Å². The highest BCUT2D eigenvalue weighted by Crippen LogP contribution is 2.26. The third-order valence-corrected chi connectivity index (χ3v) is 6.19. The fourth-order valence-corrected chi connectivity index (χ4v) is 4.25. The molecule has 5 rings (SSSR count). The van der Waals surface area contributed by atoms with E-state index < -0.39 is 11.9 Å². The number of benzene rings is 3. The molecule has 0 saturated heterocycles. The Morgan fingerprint density at radius 1 is 0.947 bits per heavy atom. The van der Waals surface area contributed by atoms with E-state index in [0.717, 1.165) is 33.7 Å². The summed E-state index contributed by atoms with van der Waals surface area (Å²) in [6.07, 6.45) is 1.68. The number of anilines is 3. The molecule has 2 amide bonds. The fourth-order valence-electron chi connectivity index (χ4n) is 4.25. The molecule has 5 aromatic rings. The SMILES string of the molecule is CNc1nccc(-c2cc3cc(C(=O)NC(CN(c4ccccc4)c4ccccc4)C(N)=O)ccc3[nH]2)n1. The molecule has 0 bridgehead atoms. The van der Waals surface area contributed by atoms with Crippen molar-refractivity contribution in [1.29, 1.82) is 0 Å². The Morgan fingerprint density at radius 2 is 1.63 bits per heavy atom. The van der Waals surface area contributed by atoms with Crippen LogP contribution in [0.2, 0.25) is 0 Å². The molecular formula is C29H27N7O2. The highest BCUT2D eigenvalue weighted by atomic mass is 16.2. The molecule has 0 spiro atoms. The lowest BCUT2D eigenvalue weighted by molar-refractivity contribution is -0.119. The Morgan fingerprint density at radius 3 is 2.26 bits per heavy atom. The topological polar surface area (TPSA) is 129 Å². The van der Waals surface area contributed by atoms with Crippen molar-refractivity contribution in [3.05, 3.63) is 103 Å². The standard InChI is InChI=1S/C29H27N7O2/c1-31-29-32-15-14-24(35-29)25-17-20-16-19(12-13-23(20)33-25)28(38)34-26(27(30)37)18-36(21-8-4-2-5-9-21)22-10-6-3-7-11-22/h2-17,26,33H,18H2,1H3,(H2,30,37)(H,34,38)(H,31,32,35). The van der Waals surface area contributed by atoms with E-state index in [1.54, 1.807) is 25.4 Å². The Labute approximate surface area is 219 Å². The number of hydrogen-bond donors (Lipinski definition) is 4. The number of aromatic amines is 1. The van der Waals surface area contributed by atoms with Crippen LogP contribution in [0.15, 0.2) is 97.2 Å². The number of rotatable bonds is 9. The molecule has 0 radical (unpaired) electrons. The summed E-state index contributed by atoms with van der Waals surface area (Å²) in [6.45, 7) is 0.174. The number of nitrogens with two attached hydrogens (primary N) is 1. The molecule has 9 heteroatoms. The van der Waals surface area contributed by atoms with Crippen LogP contribution in [0.4, 0.5) is 17.3 Å². The number of nitrogens with zero attached hydrogens (tertiary/aromatic N) is 3. The summed E-state index contributed by atoms with van der Waals surface area (Å²) in [5, 5.41) is 6.59. The van der Waals surface area contributed by atoms with Crippen molar-refractivity contribution in [3.8, 4) is 11.4 Å². The number of nitrogens with one attached hydrogen (secondary N) is 3. The van der Waals surface area contributed by atoms with Crippen molar-refractivity contribution >= 4 is 40.0 Å². The van der Waals surface area contributed by atoms with E-state index in [4.69, 9.17) is 5.73 Å². The van der Waals surface area contributed by atoms with Crippen LogP contribution in [-0.2, 0) is 4.79 Å². The summed E-state index contributed by atoms with van der Waals surface area (Å²) >= 11 is 0. The summed E-state index contributed by atoms with van der Waals surface area (Å²) in [5.74, 6) is -0.498. The molecule has 0 saturated carbocycles. The van der Waals surface area contributed by atoms with Gasteiger partial charge in [0.15, 0.2) is 0 Å². The third kappa shape index (κ3) is 5.31. The van der Waals surface area contributed by atoms with E-state index in [2.05, 4.69) is 25.6 Å². The first-order valence-corrected chi connectivity index (χ1v) is 12.1. The van der Waals surface area contributed by atoms with E-state index in [1.165, 1.54) is 0 Å². The van der Waals surface area contributed by atoms with Gasteiger partial charge in [0.25, 0.3) is 5.91 Å². The molecule has 0 fully saturated rings. The Hall–Kier alpha value is -5.18. The van der Waals surface area contributed by atoms with Gasteiger partial charge in [-0.25, -0.2) is 9.97 Å². The number of para-hydroxylation sites is 2. The van der Waals surface area contributed by atoms with Crippen molar-refractivity contribution in [2.24, 2.45) is 5.73 Å². The smallest absolute Gasteiger partial charge is 0.252 e. The number of carbonyl (C=O) groups is 2. The molecule has 0 aliphatic carbocycles. The molecule has 3 aromatic carbocycles. The molecule has 2 aromatic heterocycles. The zero-order valence-corrected chi connectivity index (χ0v) is 20.8. The van der Waals surface area contributed by atoms with Gasteiger partial charge in [0, 0.05) is 41.1 Å². The van der Waals surface area contributed by atoms with Crippen LogP contribution in [0, 0.1) is 0 Å². The van der Waals surface area contributed by atoms with Crippen LogP contribution in [0.1, 0.15) is 10.4 Å². The minimum atomic E-state index is -0.929. The van der Waals surface area contributed by atoms with E-state index in [9.17, 15) is 9.59 Å². The summed E-state index contributed by atoms with van der Waals surface area (Å²) in [5.41, 5.74) is 10.3. The molecule has 0 aliphatic rings. The van der Waals surface area contributed by atoms with Gasteiger partial charge >= 0.3 is 0 Å². The van der Waals surface area contributed by atoms with E-state index >= 15 is 0 Å². The number of carbonyl (C=O) groups excluding carboxylic acids is 2. The lowest BCUT2D eigenvalue weighted by Gasteiger charge is -2.29. The van der Waals surface area contributed by atoms with Crippen LogP contribution in [0.3, 0.4) is 0 Å². The van der Waals surface area contributed by atoms with Gasteiger partial charge in [-0.15, -0.1) is 0 Å². The Balaban J connectivity index is 1.38. The van der Waals surface area contributed by atoms with Gasteiger partial charge in [-0.3, -0.25) is 9.59 Å². The van der Waals surface area contributed by atoms with Gasteiger partial charge in [0.2, 0.25) is 11.9 Å². The Bertz CT molecular complexity index is 1530. The summed E-state index contributed by atoms with van der Waals surface area (Å²) in [7, 11) is 1.76. The van der Waals surface area contributed by atoms with Crippen molar-refractivity contribution in [2.75, 3.05) is 23.8 Å². The summed E-state index contributed by atoms with van der Waals surface area (Å²) in [6, 6.07) is 27.4. The zero-order chi connectivity index (χ0) is 26.5. The van der Waals surface area contributed by atoms with Gasteiger partial charge in [-0.2, -0.15) is 0 Å². The summed E-state index contributed by atoms with van der Waals surface area (Å²) in [4.78, 5) is 39.6. The highest BCUT2D eigenvalue weighted by molar-refractivity contribution is 6.01. The Kier molecular flexibility index (Phi) is 6.99. The number of fused-ring (bicyclic) bond motifs is 1. The number of H-pyrrole nitrogens is 1. The molecule has 5 N–H and O–H groups in total. The minimum Gasteiger partial charge on any atom is -0.368 e. The fraction of sp³-hybridized carbons (Fsp3) is 0.103. The van der Waals surface area contributed by atoms with Crippen molar-refractivity contribution < 1.29 is 9.59 Å². The highest BCUT2D eigenvalue weighted by Gasteiger charge is 2.24. The average molecular weight is 506 g/mol. The lowest BCUT2D eigenvalue weighted by atomic mass is 10.1. The summed E-state index contributed by atoms with van der Waals surface area (Å²) < 4.78 is 0. The molecule has 38 heavy (non-hydrogen) atoms. The second kappa shape index (κ2) is 10.8. The number of amides is 2.